The van der Waals surface area contributed by atoms with Gasteiger partial charge in [-0.3, -0.25) is 9.59 Å². The second-order valence-electron chi connectivity index (χ2n) is 16.3. The number of esters is 2. The Kier molecular flexibility index (Phi) is 7.61. The molecule has 0 amide bonds. The minimum Gasteiger partial charge on any atom is -0.465 e. The van der Waals surface area contributed by atoms with Gasteiger partial charge in [-0.05, 0) is 78.9 Å². The van der Waals surface area contributed by atoms with Crippen molar-refractivity contribution >= 4 is 11.9 Å². The van der Waals surface area contributed by atoms with Gasteiger partial charge in [-0.25, -0.2) is 0 Å². The monoisotopic (exact) mass is 590 g/mol. The highest BCUT2D eigenvalue weighted by Gasteiger charge is 2.72. The van der Waals surface area contributed by atoms with Gasteiger partial charge in [0.05, 0.1) is 30.8 Å². The van der Waals surface area contributed by atoms with E-state index in [1.807, 2.05) is 13.8 Å². The maximum atomic E-state index is 12.0. The number of rotatable bonds is 4. The SMILES string of the molecule is CC(=O)OC[C@]1(C)C2CC[C@]3(C)C(CC=C4C5CC(C)(C)[C@@H](OC(C)=O)[C@H](O)[C@]5(CO)[C@H](O)C[C@]43C)[C@@]2(C)CC[C@@H]1O. The number of carbonyl (C=O) groups is 2. The van der Waals surface area contributed by atoms with E-state index in [-0.39, 0.29) is 46.6 Å². The van der Waals surface area contributed by atoms with Crippen LogP contribution in [0.5, 0.6) is 0 Å². The number of ether oxygens (including phenoxy) is 2. The van der Waals surface area contributed by atoms with E-state index in [2.05, 4.69) is 33.8 Å². The van der Waals surface area contributed by atoms with Crippen molar-refractivity contribution in [1.29, 1.82) is 0 Å². The average molecular weight is 591 g/mol. The summed E-state index contributed by atoms with van der Waals surface area (Å²) in [6.45, 7) is 15.7. The van der Waals surface area contributed by atoms with Crippen LogP contribution in [-0.4, -0.2) is 70.0 Å². The number of fused-ring (bicyclic) bond motifs is 7. The molecule has 0 aromatic rings. The van der Waals surface area contributed by atoms with Crippen LogP contribution in [0.2, 0.25) is 0 Å². The summed E-state index contributed by atoms with van der Waals surface area (Å²) in [6, 6.07) is 0. The normalized spacial score (nSPS) is 51.1. The molecule has 8 nitrogen and oxygen atoms in total. The third-order valence-corrected chi connectivity index (χ3v) is 14.0. The highest BCUT2D eigenvalue weighted by molar-refractivity contribution is 5.66. The lowest BCUT2D eigenvalue weighted by Gasteiger charge is -2.72. The first kappa shape index (κ1) is 31.9. The summed E-state index contributed by atoms with van der Waals surface area (Å²) in [6.07, 6.45) is 3.94. The lowest BCUT2D eigenvalue weighted by Crippen LogP contribution is -2.72. The molecule has 0 radical (unpaired) electrons. The zero-order chi connectivity index (χ0) is 31.3. The van der Waals surface area contributed by atoms with Crippen molar-refractivity contribution in [2.45, 2.75) is 125 Å². The summed E-state index contributed by atoms with van der Waals surface area (Å²) in [5, 5.41) is 46.0. The molecule has 4 fully saturated rings. The third-order valence-electron chi connectivity index (χ3n) is 14.0. The Balaban J connectivity index is 1.58. The number of hydrogen-bond acceptors (Lipinski definition) is 8. The molecular weight excluding hydrogens is 536 g/mol. The minimum atomic E-state index is -1.22. The minimum absolute atomic E-state index is 0.103. The van der Waals surface area contributed by atoms with Gasteiger partial charge in [-0.15, -0.1) is 0 Å². The summed E-state index contributed by atoms with van der Waals surface area (Å²) in [5.41, 5.74) is -1.75. The van der Waals surface area contributed by atoms with Crippen molar-refractivity contribution in [3.8, 4) is 0 Å². The molecule has 0 aromatic heterocycles. The largest absolute Gasteiger partial charge is 0.465 e. The van der Waals surface area contributed by atoms with Gasteiger partial charge in [0.1, 0.15) is 12.2 Å². The van der Waals surface area contributed by atoms with Crippen LogP contribution in [-0.2, 0) is 19.1 Å². The van der Waals surface area contributed by atoms with Crippen LogP contribution >= 0.6 is 0 Å². The van der Waals surface area contributed by atoms with Gasteiger partial charge in [0.2, 0.25) is 0 Å². The van der Waals surface area contributed by atoms with E-state index < -0.39 is 53.2 Å². The Morgan fingerprint density at radius 3 is 2.17 bits per heavy atom. The van der Waals surface area contributed by atoms with Crippen molar-refractivity contribution in [1.82, 2.24) is 0 Å². The Morgan fingerprint density at radius 2 is 1.57 bits per heavy atom. The Bertz CT molecular complexity index is 1150. The lowest BCUT2D eigenvalue weighted by molar-refractivity contribution is -0.262. The molecule has 4 saturated carbocycles. The molecule has 0 heterocycles. The number of hydrogen-bond donors (Lipinski definition) is 4. The fourth-order valence-electron chi connectivity index (χ4n) is 11.5. The van der Waals surface area contributed by atoms with E-state index in [1.165, 1.54) is 19.4 Å². The van der Waals surface area contributed by atoms with Gasteiger partial charge in [0.25, 0.3) is 0 Å². The molecule has 0 bridgehead atoms. The van der Waals surface area contributed by atoms with Crippen LogP contribution in [0, 0.1) is 50.2 Å². The van der Waals surface area contributed by atoms with Crippen molar-refractivity contribution < 1.29 is 39.5 Å². The molecule has 12 atom stereocenters. The van der Waals surface area contributed by atoms with Crippen LogP contribution in [0.15, 0.2) is 11.6 Å². The first-order chi connectivity index (χ1) is 19.3. The summed E-state index contributed by atoms with van der Waals surface area (Å²) >= 11 is 0. The van der Waals surface area contributed by atoms with Crippen LogP contribution in [0.4, 0.5) is 0 Å². The zero-order valence-corrected chi connectivity index (χ0v) is 26.9. The highest BCUT2D eigenvalue weighted by Crippen LogP contribution is 2.75. The molecule has 5 rings (SSSR count). The molecule has 42 heavy (non-hydrogen) atoms. The molecule has 5 aliphatic carbocycles. The van der Waals surface area contributed by atoms with Crippen molar-refractivity contribution in [2.24, 2.45) is 50.2 Å². The Labute approximate surface area is 251 Å². The van der Waals surface area contributed by atoms with E-state index in [4.69, 9.17) is 9.47 Å². The fourth-order valence-corrected chi connectivity index (χ4v) is 11.5. The number of aliphatic hydroxyl groups excluding tert-OH is 4. The highest BCUT2D eigenvalue weighted by atomic mass is 16.6. The van der Waals surface area contributed by atoms with E-state index in [0.29, 0.717) is 19.3 Å². The molecule has 0 saturated heterocycles. The van der Waals surface area contributed by atoms with E-state index in [1.54, 1.807) is 0 Å². The van der Waals surface area contributed by atoms with Crippen molar-refractivity contribution in [3.63, 3.8) is 0 Å². The van der Waals surface area contributed by atoms with Gasteiger partial charge in [0, 0.05) is 24.7 Å². The van der Waals surface area contributed by atoms with Crippen LogP contribution in [0.25, 0.3) is 0 Å². The zero-order valence-electron chi connectivity index (χ0n) is 26.9. The second kappa shape index (κ2) is 10.0. The predicted octanol–water partition coefficient (Wildman–Crippen LogP) is 4.17. The Morgan fingerprint density at radius 1 is 0.905 bits per heavy atom. The third kappa shape index (κ3) is 4.06. The van der Waals surface area contributed by atoms with Crippen LogP contribution in [0.3, 0.4) is 0 Å². The fraction of sp³-hybridized carbons (Fsp3) is 0.882. The van der Waals surface area contributed by atoms with Gasteiger partial charge in [-0.2, -0.15) is 0 Å². The molecule has 238 valence electrons. The van der Waals surface area contributed by atoms with Crippen molar-refractivity contribution in [2.75, 3.05) is 13.2 Å². The second-order valence-corrected chi connectivity index (χ2v) is 16.3. The Hall–Kier alpha value is -1.48. The molecule has 4 N–H and O–H groups in total. The first-order valence-corrected chi connectivity index (χ1v) is 16.0. The number of aliphatic hydroxyl groups is 4. The van der Waals surface area contributed by atoms with E-state index in [0.717, 1.165) is 25.7 Å². The maximum Gasteiger partial charge on any atom is 0.303 e. The van der Waals surface area contributed by atoms with Crippen LogP contribution in [0.1, 0.15) is 100 Å². The number of carbonyl (C=O) groups excluding carboxylic acids is 2. The van der Waals surface area contributed by atoms with Gasteiger partial charge < -0.3 is 29.9 Å². The molecule has 5 aliphatic rings. The molecule has 0 aliphatic heterocycles. The molecular formula is C34H54O8. The summed E-state index contributed by atoms with van der Waals surface area (Å²) in [4.78, 5) is 23.8. The van der Waals surface area contributed by atoms with Gasteiger partial charge >= 0.3 is 11.9 Å². The summed E-state index contributed by atoms with van der Waals surface area (Å²) < 4.78 is 11.2. The predicted molar refractivity (Wildman–Crippen MR) is 157 cm³/mol. The number of allylic oxidation sites excluding steroid dienone is 2. The van der Waals surface area contributed by atoms with Crippen molar-refractivity contribution in [3.05, 3.63) is 11.6 Å². The lowest BCUT2D eigenvalue weighted by atomic mass is 9.33. The first-order valence-electron chi connectivity index (χ1n) is 16.0. The maximum absolute atomic E-state index is 12.0. The summed E-state index contributed by atoms with van der Waals surface area (Å²) in [5.74, 6) is -0.616. The average Bonchev–Trinajstić information content (AvgIpc) is 2.88. The molecule has 3 unspecified atom stereocenters. The van der Waals surface area contributed by atoms with E-state index in [9.17, 15) is 30.0 Å². The standard InChI is InChI=1S/C34H54O8/c1-19(36)41-18-31(6)23-11-14-32(7)24(30(23,5)13-12-25(31)38)10-9-21-22-15-29(3,4)28(42-20(2)37)27(40)34(22,17-35)26(39)16-33(21,32)8/h9,22-28,35,38-40H,10-18H2,1-8H3/t22?,23?,24?,25-,26+,27-,28-,30-,31+,32+,33+,34-/m0/s1. The topological polar surface area (TPSA) is 134 Å². The van der Waals surface area contributed by atoms with E-state index >= 15 is 0 Å². The molecule has 0 aromatic carbocycles. The quantitative estimate of drug-likeness (QED) is 0.283. The summed E-state index contributed by atoms with van der Waals surface area (Å²) in [7, 11) is 0. The molecule has 8 heteroatoms. The molecule has 0 spiro atoms. The smallest absolute Gasteiger partial charge is 0.303 e. The van der Waals surface area contributed by atoms with Gasteiger partial charge in [-0.1, -0.05) is 53.2 Å². The van der Waals surface area contributed by atoms with Crippen LogP contribution < -0.4 is 0 Å². The van der Waals surface area contributed by atoms with Gasteiger partial charge in [0.15, 0.2) is 0 Å².